The highest BCUT2D eigenvalue weighted by atomic mass is 16.5. The van der Waals surface area contributed by atoms with Crippen molar-refractivity contribution in [2.24, 2.45) is 0 Å². The molecule has 1 unspecified atom stereocenters. The highest BCUT2D eigenvalue weighted by Gasteiger charge is 2.21. The average Bonchev–Trinajstić information content (AvgIpc) is 3.25. The lowest BCUT2D eigenvalue weighted by Crippen LogP contribution is -2.30. The summed E-state index contributed by atoms with van der Waals surface area (Å²) in [4.78, 5) is 16.4. The molecule has 0 saturated heterocycles. The Morgan fingerprint density at radius 3 is 2.45 bits per heavy atom. The summed E-state index contributed by atoms with van der Waals surface area (Å²) in [6.07, 6.45) is 4.44. The molecule has 2 aliphatic rings. The van der Waals surface area contributed by atoms with Crippen molar-refractivity contribution in [1.29, 1.82) is 0 Å². The maximum absolute atomic E-state index is 5.20. The number of fused-ring (bicyclic) bond motifs is 6. The first-order valence-electron chi connectivity index (χ1n) is 12.0. The topological polar surface area (TPSA) is 60.2 Å². The molecule has 1 aromatic carbocycles. The molecule has 0 saturated carbocycles. The first-order chi connectivity index (χ1) is 16.0. The van der Waals surface area contributed by atoms with Crippen molar-refractivity contribution >= 4 is 21.9 Å². The van der Waals surface area contributed by atoms with Gasteiger partial charge in [0.05, 0.1) is 18.1 Å². The van der Waals surface area contributed by atoms with E-state index in [1.54, 1.807) is 7.11 Å². The van der Waals surface area contributed by atoms with Crippen molar-refractivity contribution in [3.05, 3.63) is 58.9 Å². The minimum absolute atomic E-state index is 0.639. The van der Waals surface area contributed by atoms with E-state index in [1.807, 2.05) is 6.07 Å². The van der Waals surface area contributed by atoms with Gasteiger partial charge in [0.25, 0.3) is 0 Å². The Bertz CT molecular complexity index is 1260. The predicted octanol–water partition coefficient (Wildman–Crippen LogP) is 4.19. The molecule has 0 aliphatic carbocycles. The van der Waals surface area contributed by atoms with Gasteiger partial charge in [-0.2, -0.15) is 0 Å². The van der Waals surface area contributed by atoms with Gasteiger partial charge in [0.2, 0.25) is 5.88 Å². The fourth-order valence-electron chi connectivity index (χ4n) is 5.13. The minimum Gasteiger partial charge on any atom is -0.481 e. The molecule has 0 spiro atoms. The minimum atomic E-state index is 0.639. The van der Waals surface area contributed by atoms with Crippen LogP contribution in [-0.2, 0) is 25.7 Å². The predicted molar refractivity (Wildman–Crippen MR) is 135 cm³/mol. The molecular formula is C27H35N5O. The van der Waals surface area contributed by atoms with Crippen LogP contribution >= 0.6 is 0 Å². The van der Waals surface area contributed by atoms with Gasteiger partial charge in [0.15, 0.2) is 0 Å². The van der Waals surface area contributed by atoms with Gasteiger partial charge in [-0.15, -0.1) is 0 Å². The molecule has 6 heteroatoms. The van der Waals surface area contributed by atoms with E-state index < -0.39 is 0 Å². The summed E-state index contributed by atoms with van der Waals surface area (Å²) in [5.74, 6) is 0.692. The average molecular weight is 446 g/mol. The first-order valence-corrected chi connectivity index (χ1v) is 12.0. The van der Waals surface area contributed by atoms with E-state index in [1.165, 1.54) is 33.4 Å². The van der Waals surface area contributed by atoms with E-state index >= 15 is 0 Å². The highest BCUT2D eigenvalue weighted by Crippen LogP contribution is 2.27. The van der Waals surface area contributed by atoms with Gasteiger partial charge in [-0.1, -0.05) is 18.2 Å². The molecule has 6 rings (SSSR count). The second-order valence-electron chi connectivity index (χ2n) is 9.55. The number of benzene rings is 1. The summed E-state index contributed by atoms with van der Waals surface area (Å²) in [7, 11) is 6.05. The van der Waals surface area contributed by atoms with Crippen molar-refractivity contribution in [1.82, 2.24) is 24.8 Å². The van der Waals surface area contributed by atoms with Crippen LogP contribution in [0.3, 0.4) is 0 Å². The fraction of sp³-hybridized carbons (Fsp3) is 0.444. The van der Waals surface area contributed by atoms with Gasteiger partial charge in [0, 0.05) is 72.4 Å². The molecule has 0 fully saturated rings. The number of aromatic nitrogens is 3. The van der Waals surface area contributed by atoms with Crippen LogP contribution < -0.4 is 4.74 Å². The van der Waals surface area contributed by atoms with E-state index in [9.17, 15) is 0 Å². The quantitative estimate of drug-likeness (QED) is 0.461. The Labute approximate surface area is 195 Å². The lowest BCUT2D eigenvalue weighted by molar-refractivity contribution is 0.267. The number of aromatic amines is 2. The van der Waals surface area contributed by atoms with Crippen LogP contribution in [-0.4, -0.2) is 71.6 Å². The second-order valence-corrected chi connectivity index (χ2v) is 9.55. The number of likely N-dealkylation sites (N-methyl/N-ethyl adjacent to an activating group) is 2. The summed E-state index contributed by atoms with van der Waals surface area (Å²) < 4.78 is 5.20. The van der Waals surface area contributed by atoms with Crippen LogP contribution in [0.1, 0.15) is 29.4 Å². The molecule has 174 valence electrons. The van der Waals surface area contributed by atoms with Gasteiger partial charge in [-0.3, -0.25) is 0 Å². The number of methoxy groups -OCH3 is 1. The molecule has 1 atom stereocenters. The number of H-pyrrole nitrogens is 2. The van der Waals surface area contributed by atoms with Gasteiger partial charge < -0.3 is 24.5 Å². The summed E-state index contributed by atoms with van der Waals surface area (Å²) in [5, 5.41) is 1.42. The molecule has 33 heavy (non-hydrogen) atoms. The molecular weight excluding hydrogens is 410 g/mol. The van der Waals surface area contributed by atoms with Crippen LogP contribution in [0, 0.1) is 0 Å². The standard InChI is InChI=1S/C14H18N2.C13H17N3O/c1-10-9-12-11-5-3-4-6-13(11)15-14(12)7-8-16(10)2;1-16-7-5-9-10(6-8-16)14-11-3-4-12(17-2)15-13(9)11/h3-6,10,15H,7-9H2,1-2H3;3-4,14H,5-8H2,1-2H3. The van der Waals surface area contributed by atoms with E-state index in [2.05, 4.69) is 76.1 Å². The number of hydrogen-bond donors (Lipinski definition) is 2. The Kier molecular flexibility index (Phi) is 6.13. The summed E-state index contributed by atoms with van der Waals surface area (Å²) >= 11 is 0. The Morgan fingerprint density at radius 1 is 0.879 bits per heavy atom. The fourth-order valence-corrected chi connectivity index (χ4v) is 5.13. The largest absolute Gasteiger partial charge is 0.481 e. The van der Waals surface area contributed by atoms with Gasteiger partial charge in [0.1, 0.15) is 0 Å². The molecule has 0 radical (unpaired) electrons. The van der Waals surface area contributed by atoms with Crippen LogP contribution in [0.25, 0.3) is 21.9 Å². The van der Waals surface area contributed by atoms with E-state index in [4.69, 9.17) is 4.74 Å². The van der Waals surface area contributed by atoms with Crippen molar-refractivity contribution < 1.29 is 4.74 Å². The zero-order chi connectivity index (χ0) is 22.9. The number of pyridine rings is 1. The van der Waals surface area contributed by atoms with Crippen molar-refractivity contribution in [3.8, 4) is 5.88 Å². The summed E-state index contributed by atoms with van der Waals surface area (Å²) in [6, 6.07) is 13.3. The van der Waals surface area contributed by atoms with Gasteiger partial charge >= 0.3 is 0 Å². The van der Waals surface area contributed by atoms with Gasteiger partial charge in [-0.05, 0) is 51.6 Å². The van der Waals surface area contributed by atoms with E-state index in [0.29, 0.717) is 11.9 Å². The Hall–Kier alpha value is -2.83. The number of ether oxygens (including phenoxy) is 1. The molecule has 2 N–H and O–H groups in total. The second kappa shape index (κ2) is 9.20. The molecule has 0 amide bonds. The lowest BCUT2D eigenvalue weighted by Gasteiger charge is -2.21. The van der Waals surface area contributed by atoms with Gasteiger partial charge in [-0.25, -0.2) is 4.98 Å². The van der Waals surface area contributed by atoms with Crippen molar-refractivity contribution in [2.75, 3.05) is 40.8 Å². The highest BCUT2D eigenvalue weighted by molar-refractivity contribution is 5.85. The number of para-hydroxylation sites is 1. The third-order valence-electron chi connectivity index (χ3n) is 7.37. The molecule has 5 heterocycles. The van der Waals surface area contributed by atoms with E-state index in [-0.39, 0.29) is 0 Å². The van der Waals surface area contributed by atoms with Crippen molar-refractivity contribution in [2.45, 2.75) is 38.6 Å². The summed E-state index contributed by atoms with van der Waals surface area (Å²) in [5.41, 5.74) is 9.18. The smallest absolute Gasteiger partial charge is 0.213 e. The lowest BCUT2D eigenvalue weighted by atomic mass is 10.0. The number of rotatable bonds is 1. The SMILES string of the molecule is CC1Cc2c([nH]c3ccccc23)CCN1C.COc1ccc2[nH]c3c(c2n1)CCN(C)CC3. The molecule has 6 nitrogen and oxygen atoms in total. The van der Waals surface area contributed by atoms with Crippen molar-refractivity contribution in [3.63, 3.8) is 0 Å². The molecule has 0 bridgehead atoms. The third-order valence-corrected chi connectivity index (χ3v) is 7.37. The summed E-state index contributed by atoms with van der Waals surface area (Å²) in [6.45, 7) is 5.67. The normalized spacial score (nSPS) is 19.3. The Balaban J connectivity index is 0.000000139. The van der Waals surface area contributed by atoms with Crippen LogP contribution in [0.2, 0.25) is 0 Å². The molecule has 4 aromatic rings. The maximum atomic E-state index is 5.20. The third kappa shape index (κ3) is 4.37. The number of hydrogen-bond acceptors (Lipinski definition) is 4. The van der Waals surface area contributed by atoms with Crippen LogP contribution in [0.4, 0.5) is 0 Å². The van der Waals surface area contributed by atoms with Crippen LogP contribution in [0.15, 0.2) is 36.4 Å². The maximum Gasteiger partial charge on any atom is 0.213 e. The number of nitrogens with one attached hydrogen (secondary N) is 2. The zero-order valence-corrected chi connectivity index (χ0v) is 20.2. The first kappa shape index (κ1) is 22.0. The number of nitrogens with zero attached hydrogens (tertiary/aromatic N) is 3. The monoisotopic (exact) mass is 445 g/mol. The molecule has 3 aromatic heterocycles. The van der Waals surface area contributed by atoms with E-state index in [0.717, 1.165) is 56.4 Å². The molecule has 2 aliphatic heterocycles. The van der Waals surface area contributed by atoms with Crippen LogP contribution in [0.5, 0.6) is 5.88 Å². The Morgan fingerprint density at radius 2 is 1.61 bits per heavy atom. The zero-order valence-electron chi connectivity index (χ0n) is 20.2.